The van der Waals surface area contributed by atoms with Gasteiger partial charge in [-0.1, -0.05) is 12.1 Å². The Morgan fingerprint density at radius 2 is 2.00 bits per heavy atom. The second-order valence-corrected chi connectivity index (χ2v) is 7.27. The number of aryl methyl sites for hydroxylation is 1. The van der Waals surface area contributed by atoms with Gasteiger partial charge in [-0.25, -0.2) is 4.39 Å². The number of halogens is 1. The number of carbonyl (C=O) groups is 1. The Morgan fingerprint density at radius 1 is 1.18 bits per heavy atom. The summed E-state index contributed by atoms with van der Waals surface area (Å²) in [5, 5.41) is 12.9. The Bertz CT molecular complexity index is 1130. The van der Waals surface area contributed by atoms with Crippen molar-refractivity contribution in [2.24, 2.45) is 0 Å². The van der Waals surface area contributed by atoms with E-state index in [-0.39, 0.29) is 12.5 Å². The minimum atomic E-state index is -0.397. The summed E-state index contributed by atoms with van der Waals surface area (Å²) in [6.07, 6.45) is 0. The van der Waals surface area contributed by atoms with Gasteiger partial charge < -0.3 is 14.3 Å². The van der Waals surface area contributed by atoms with Crippen molar-refractivity contribution in [2.75, 3.05) is 5.32 Å². The van der Waals surface area contributed by atoms with Crippen LogP contribution in [0.1, 0.15) is 11.4 Å². The van der Waals surface area contributed by atoms with Crippen molar-refractivity contribution in [2.45, 2.75) is 20.4 Å². The lowest BCUT2D eigenvalue weighted by Gasteiger charge is -2.10. The van der Waals surface area contributed by atoms with Gasteiger partial charge in [0.1, 0.15) is 12.4 Å². The van der Waals surface area contributed by atoms with Crippen LogP contribution in [-0.2, 0) is 11.3 Å². The number of nitrogens with zero attached hydrogens (tertiary/aromatic N) is 3. The number of thiophene rings is 1. The zero-order valence-electron chi connectivity index (χ0n) is 15.3. The van der Waals surface area contributed by atoms with Crippen molar-refractivity contribution in [3.05, 3.63) is 65.0 Å². The number of nitrogens with one attached hydrogen (secondary N) is 1. The SMILES string of the molecule is Cc1cc(-c2nnc(-c3cccs3)o2)c(C)n1CC(=O)Nc1cccc(F)c1. The molecule has 4 aromatic rings. The van der Waals surface area contributed by atoms with Crippen LogP contribution in [0.4, 0.5) is 10.1 Å². The molecule has 1 aromatic carbocycles. The highest BCUT2D eigenvalue weighted by Gasteiger charge is 2.19. The molecular formula is C20H17FN4O2S. The van der Waals surface area contributed by atoms with Crippen LogP contribution in [0.15, 0.2) is 52.3 Å². The van der Waals surface area contributed by atoms with Crippen molar-refractivity contribution >= 4 is 22.9 Å². The molecule has 0 atom stereocenters. The average molecular weight is 396 g/mol. The van der Waals surface area contributed by atoms with Crippen LogP contribution in [0.5, 0.6) is 0 Å². The standard InChI is InChI=1S/C20H17FN4O2S/c1-12-9-16(19-23-24-20(27-19)17-7-4-8-28-17)13(2)25(12)11-18(26)22-15-6-3-5-14(21)10-15/h3-10H,11H2,1-2H3,(H,22,26). The first kappa shape index (κ1) is 18.1. The molecule has 0 saturated carbocycles. The van der Waals surface area contributed by atoms with Crippen molar-refractivity contribution in [3.8, 4) is 22.2 Å². The molecule has 0 aliphatic carbocycles. The molecule has 0 aliphatic rings. The van der Waals surface area contributed by atoms with Gasteiger partial charge in [-0.2, -0.15) is 0 Å². The number of carbonyl (C=O) groups excluding carboxylic acids is 1. The number of hydrogen-bond acceptors (Lipinski definition) is 5. The van der Waals surface area contributed by atoms with Gasteiger partial charge in [0, 0.05) is 17.1 Å². The van der Waals surface area contributed by atoms with E-state index in [0.29, 0.717) is 17.5 Å². The van der Waals surface area contributed by atoms with Crippen LogP contribution in [-0.4, -0.2) is 20.7 Å². The quantitative estimate of drug-likeness (QED) is 0.532. The predicted octanol–water partition coefficient (Wildman–Crippen LogP) is 4.66. The second kappa shape index (κ2) is 7.40. The smallest absolute Gasteiger partial charge is 0.258 e. The molecule has 8 heteroatoms. The van der Waals surface area contributed by atoms with E-state index in [1.165, 1.54) is 23.5 Å². The van der Waals surface area contributed by atoms with Crippen molar-refractivity contribution in [1.29, 1.82) is 0 Å². The third-order valence-electron chi connectivity index (χ3n) is 4.37. The van der Waals surface area contributed by atoms with E-state index in [1.54, 1.807) is 12.1 Å². The van der Waals surface area contributed by atoms with Gasteiger partial charge in [-0.3, -0.25) is 4.79 Å². The summed E-state index contributed by atoms with van der Waals surface area (Å²) in [5.74, 6) is 0.238. The second-order valence-electron chi connectivity index (χ2n) is 6.32. The van der Waals surface area contributed by atoms with Crippen LogP contribution in [0, 0.1) is 19.7 Å². The number of anilines is 1. The molecule has 0 aliphatic heterocycles. The molecule has 3 aromatic heterocycles. The number of rotatable bonds is 5. The molecule has 4 rings (SSSR count). The highest BCUT2D eigenvalue weighted by atomic mass is 32.1. The van der Waals surface area contributed by atoms with Crippen LogP contribution in [0.25, 0.3) is 22.2 Å². The van der Waals surface area contributed by atoms with Crippen molar-refractivity contribution < 1.29 is 13.6 Å². The lowest BCUT2D eigenvalue weighted by atomic mass is 10.2. The molecule has 0 bridgehead atoms. The monoisotopic (exact) mass is 396 g/mol. The normalized spacial score (nSPS) is 11.0. The first-order chi connectivity index (χ1) is 13.5. The lowest BCUT2D eigenvalue weighted by Crippen LogP contribution is -2.20. The molecule has 0 fully saturated rings. The van der Waals surface area contributed by atoms with Crippen LogP contribution >= 0.6 is 11.3 Å². The Hall–Kier alpha value is -3.26. The van der Waals surface area contributed by atoms with Crippen molar-refractivity contribution in [3.63, 3.8) is 0 Å². The molecule has 6 nitrogen and oxygen atoms in total. The van der Waals surface area contributed by atoms with Crippen LogP contribution in [0.3, 0.4) is 0 Å². The van der Waals surface area contributed by atoms with Gasteiger partial charge in [-0.15, -0.1) is 21.5 Å². The molecule has 0 spiro atoms. The number of aromatic nitrogens is 3. The Balaban J connectivity index is 1.55. The van der Waals surface area contributed by atoms with Gasteiger partial charge in [-0.05, 0) is 49.6 Å². The van der Waals surface area contributed by atoms with E-state index in [9.17, 15) is 9.18 Å². The van der Waals surface area contributed by atoms with E-state index < -0.39 is 5.82 Å². The Labute approximate surface area is 164 Å². The van der Waals surface area contributed by atoms with Crippen molar-refractivity contribution in [1.82, 2.24) is 14.8 Å². The fourth-order valence-corrected chi connectivity index (χ4v) is 3.65. The Kier molecular flexibility index (Phi) is 4.79. The molecule has 28 heavy (non-hydrogen) atoms. The minimum absolute atomic E-state index is 0.0973. The summed E-state index contributed by atoms with van der Waals surface area (Å²) in [6.45, 7) is 3.90. The van der Waals surface area contributed by atoms with Crippen LogP contribution in [0.2, 0.25) is 0 Å². The van der Waals surface area contributed by atoms with Gasteiger partial charge in [0.2, 0.25) is 11.8 Å². The number of hydrogen-bond donors (Lipinski definition) is 1. The van der Waals surface area contributed by atoms with Gasteiger partial charge >= 0.3 is 0 Å². The molecule has 1 amide bonds. The summed E-state index contributed by atoms with van der Waals surface area (Å²) >= 11 is 1.53. The van der Waals surface area contributed by atoms with E-state index >= 15 is 0 Å². The Morgan fingerprint density at radius 3 is 2.75 bits per heavy atom. The molecule has 3 heterocycles. The summed E-state index contributed by atoms with van der Waals surface area (Å²) in [7, 11) is 0. The van der Waals surface area contributed by atoms with Gasteiger partial charge in [0.15, 0.2) is 0 Å². The van der Waals surface area contributed by atoms with Crippen LogP contribution < -0.4 is 5.32 Å². The predicted molar refractivity (Wildman–Crippen MR) is 106 cm³/mol. The highest BCUT2D eigenvalue weighted by molar-refractivity contribution is 7.13. The summed E-state index contributed by atoms with van der Waals surface area (Å²) < 4.78 is 21.0. The molecule has 0 radical (unpaired) electrons. The maximum Gasteiger partial charge on any atom is 0.258 e. The first-order valence-electron chi connectivity index (χ1n) is 8.61. The maximum absolute atomic E-state index is 13.3. The highest BCUT2D eigenvalue weighted by Crippen LogP contribution is 2.30. The fourth-order valence-electron chi connectivity index (χ4n) is 3.00. The average Bonchev–Trinajstić information content (AvgIpc) is 3.38. The van der Waals surface area contributed by atoms with E-state index in [4.69, 9.17) is 4.42 Å². The molecule has 142 valence electrons. The van der Waals surface area contributed by atoms with E-state index in [2.05, 4.69) is 15.5 Å². The molecule has 0 saturated heterocycles. The molecular weight excluding hydrogens is 379 g/mol. The largest absolute Gasteiger partial charge is 0.415 e. The zero-order valence-corrected chi connectivity index (χ0v) is 16.1. The summed E-state index contributed by atoms with van der Waals surface area (Å²) in [5.41, 5.74) is 2.93. The number of amides is 1. The topological polar surface area (TPSA) is 73.0 Å². The third-order valence-corrected chi connectivity index (χ3v) is 5.23. The molecule has 0 unspecified atom stereocenters. The zero-order chi connectivity index (χ0) is 19.7. The van der Waals surface area contributed by atoms with Gasteiger partial charge in [0.05, 0.1) is 10.4 Å². The van der Waals surface area contributed by atoms with E-state index in [0.717, 1.165) is 21.8 Å². The lowest BCUT2D eigenvalue weighted by molar-refractivity contribution is -0.116. The third kappa shape index (κ3) is 3.59. The minimum Gasteiger partial charge on any atom is -0.415 e. The number of benzene rings is 1. The molecule has 1 N–H and O–H groups in total. The van der Waals surface area contributed by atoms with Gasteiger partial charge in [0.25, 0.3) is 5.89 Å². The fraction of sp³-hybridized carbons (Fsp3) is 0.150. The first-order valence-corrected chi connectivity index (χ1v) is 9.49. The van der Waals surface area contributed by atoms with E-state index in [1.807, 2.05) is 42.0 Å². The summed E-state index contributed by atoms with van der Waals surface area (Å²) in [6, 6.07) is 11.6. The maximum atomic E-state index is 13.3. The summed E-state index contributed by atoms with van der Waals surface area (Å²) in [4.78, 5) is 13.3.